The minimum Gasteiger partial charge on any atom is -0.354 e. The number of sulfonamides is 1. The molecule has 0 spiro atoms. The Hall–Kier alpha value is -2.48. The highest BCUT2D eigenvalue weighted by molar-refractivity contribution is 7.99. The van der Waals surface area contributed by atoms with Gasteiger partial charge in [0.25, 0.3) is 10.0 Å². The highest BCUT2D eigenvalue weighted by atomic mass is 35.5. The van der Waals surface area contributed by atoms with Crippen molar-refractivity contribution in [2.45, 2.75) is 23.6 Å². The number of aryl methyl sites for hydroxylation is 2. The molecule has 0 unspecified atom stereocenters. The number of nitrogens with zero attached hydrogens (tertiary/aromatic N) is 1. The fourth-order valence-electron chi connectivity index (χ4n) is 3.05. The molecular weight excluding hydrogens is 464 g/mol. The minimum absolute atomic E-state index is 0.120. The molecule has 1 N–H and O–H groups in total. The van der Waals surface area contributed by atoms with Crippen molar-refractivity contribution in [2.24, 2.45) is 0 Å². The molecule has 0 saturated heterocycles. The summed E-state index contributed by atoms with van der Waals surface area (Å²) in [7, 11) is -3.97. The first kappa shape index (κ1) is 24.2. The van der Waals surface area contributed by atoms with Crippen LogP contribution in [-0.4, -0.2) is 33.2 Å². The van der Waals surface area contributed by atoms with Crippen LogP contribution in [0.1, 0.15) is 11.1 Å². The van der Waals surface area contributed by atoms with Crippen molar-refractivity contribution < 1.29 is 13.2 Å². The van der Waals surface area contributed by atoms with E-state index in [1.165, 1.54) is 0 Å². The lowest BCUT2D eigenvalue weighted by molar-refractivity contribution is -0.119. The number of carbonyl (C=O) groups is 1. The SMILES string of the molecule is Cc1ccc(S(=O)(=O)N(CC(=O)NCCSc2ccccc2)c2cc(Cl)ccc2C)cc1. The Bertz CT molecular complexity index is 1170. The van der Waals surface area contributed by atoms with E-state index in [9.17, 15) is 13.2 Å². The Morgan fingerprint density at radius 2 is 1.69 bits per heavy atom. The van der Waals surface area contributed by atoms with Gasteiger partial charge in [0.15, 0.2) is 0 Å². The van der Waals surface area contributed by atoms with Gasteiger partial charge in [-0.05, 0) is 55.8 Å². The number of nitrogens with one attached hydrogen (secondary N) is 1. The first-order valence-electron chi connectivity index (χ1n) is 10.1. The molecule has 8 heteroatoms. The van der Waals surface area contributed by atoms with Gasteiger partial charge in [0.05, 0.1) is 10.6 Å². The quantitative estimate of drug-likeness (QED) is 0.337. The Balaban J connectivity index is 1.77. The maximum atomic E-state index is 13.5. The maximum absolute atomic E-state index is 13.5. The molecule has 0 atom stereocenters. The first-order valence-corrected chi connectivity index (χ1v) is 12.9. The Labute approximate surface area is 198 Å². The Morgan fingerprint density at radius 3 is 2.38 bits per heavy atom. The van der Waals surface area contributed by atoms with Gasteiger partial charge in [0.1, 0.15) is 6.54 Å². The third-order valence-electron chi connectivity index (χ3n) is 4.77. The molecule has 0 aliphatic heterocycles. The summed E-state index contributed by atoms with van der Waals surface area (Å²) in [6.07, 6.45) is 0. The molecule has 0 aliphatic carbocycles. The number of halogens is 1. The number of hydrogen-bond acceptors (Lipinski definition) is 4. The van der Waals surface area contributed by atoms with Crippen LogP contribution in [0.2, 0.25) is 5.02 Å². The molecule has 3 aromatic carbocycles. The predicted octanol–water partition coefficient (Wildman–Crippen LogP) is 5.06. The molecular formula is C24H25ClN2O3S2. The lowest BCUT2D eigenvalue weighted by Crippen LogP contribution is -2.41. The maximum Gasteiger partial charge on any atom is 0.264 e. The first-order chi connectivity index (χ1) is 15.3. The van der Waals surface area contributed by atoms with Crippen LogP contribution in [0.4, 0.5) is 5.69 Å². The summed E-state index contributed by atoms with van der Waals surface area (Å²) in [4.78, 5) is 13.9. The summed E-state index contributed by atoms with van der Waals surface area (Å²) in [5, 5.41) is 3.22. The third-order valence-corrected chi connectivity index (χ3v) is 7.80. The molecule has 0 fully saturated rings. The van der Waals surface area contributed by atoms with Crippen molar-refractivity contribution in [2.75, 3.05) is 23.1 Å². The molecule has 3 aromatic rings. The van der Waals surface area contributed by atoms with Crippen molar-refractivity contribution in [3.8, 4) is 0 Å². The van der Waals surface area contributed by atoms with E-state index in [1.54, 1.807) is 61.2 Å². The van der Waals surface area contributed by atoms with Crippen LogP contribution in [0, 0.1) is 13.8 Å². The zero-order chi connectivity index (χ0) is 23.1. The van der Waals surface area contributed by atoms with Crippen LogP contribution < -0.4 is 9.62 Å². The largest absolute Gasteiger partial charge is 0.354 e. The molecule has 0 saturated carbocycles. The van der Waals surface area contributed by atoms with Crippen LogP contribution in [0.25, 0.3) is 0 Å². The summed E-state index contributed by atoms with van der Waals surface area (Å²) < 4.78 is 28.0. The van der Waals surface area contributed by atoms with E-state index < -0.39 is 10.0 Å². The van der Waals surface area contributed by atoms with E-state index in [0.717, 1.165) is 14.8 Å². The molecule has 5 nitrogen and oxygen atoms in total. The van der Waals surface area contributed by atoms with Crippen LogP contribution in [-0.2, 0) is 14.8 Å². The van der Waals surface area contributed by atoms with Crippen LogP contribution in [0.3, 0.4) is 0 Å². The van der Waals surface area contributed by atoms with Gasteiger partial charge in [0.2, 0.25) is 5.91 Å². The molecule has 0 aliphatic rings. The smallest absolute Gasteiger partial charge is 0.264 e. The topological polar surface area (TPSA) is 66.5 Å². The fraction of sp³-hybridized carbons (Fsp3) is 0.208. The van der Waals surface area contributed by atoms with E-state index in [1.807, 2.05) is 37.3 Å². The zero-order valence-corrected chi connectivity index (χ0v) is 20.3. The highest BCUT2D eigenvalue weighted by Gasteiger charge is 2.28. The van der Waals surface area contributed by atoms with Crippen molar-refractivity contribution in [1.82, 2.24) is 5.32 Å². The van der Waals surface area contributed by atoms with Gasteiger partial charge in [-0.1, -0.05) is 53.6 Å². The number of amides is 1. The van der Waals surface area contributed by atoms with Gasteiger partial charge in [-0.3, -0.25) is 9.10 Å². The summed E-state index contributed by atoms with van der Waals surface area (Å²) in [5.41, 5.74) is 2.03. The van der Waals surface area contributed by atoms with Gasteiger partial charge < -0.3 is 5.32 Å². The summed E-state index contributed by atoms with van der Waals surface area (Å²) in [6.45, 7) is 3.76. The van der Waals surface area contributed by atoms with E-state index in [-0.39, 0.29) is 17.3 Å². The van der Waals surface area contributed by atoms with Crippen LogP contribution >= 0.6 is 23.4 Å². The van der Waals surface area contributed by atoms with Gasteiger partial charge in [-0.15, -0.1) is 11.8 Å². The van der Waals surface area contributed by atoms with Crippen LogP contribution in [0.5, 0.6) is 0 Å². The average Bonchev–Trinajstić information content (AvgIpc) is 2.78. The number of anilines is 1. The molecule has 168 valence electrons. The molecule has 0 radical (unpaired) electrons. The van der Waals surface area contributed by atoms with Crippen molar-refractivity contribution >= 4 is 45.0 Å². The van der Waals surface area contributed by atoms with E-state index >= 15 is 0 Å². The van der Waals surface area contributed by atoms with Gasteiger partial charge >= 0.3 is 0 Å². The second-order valence-electron chi connectivity index (χ2n) is 7.27. The second-order valence-corrected chi connectivity index (χ2v) is 10.7. The third kappa shape index (κ3) is 6.28. The number of thioether (sulfide) groups is 1. The average molecular weight is 489 g/mol. The molecule has 0 aromatic heterocycles. The molecule has 3 rings (SSSR count). The molecule has 0 heterocycles. The highest BCUT2D eigenvalue weighted by Crippen LogP contribution is 2.29. The molecule has 0 bridgehead atoms. The lowest BCUT2D eigenvalue weighted by atomic mass is 10.2. The Kier molecular flexibility index (Phi) is 8.23. The summed E-state index contributed by atoms with van der Waals surface area (Å²) >= 11 is 7.77. The van der Waals surface area contributed by atoms with Crippen molar-refractivity contribution in [3.63, 3.8) is 0 Å². The standard InChI is InChI=1S/C24H25ClN2O3S2/c1-18-8-12-22(13-9-18)32(29,30)27(23-16-20(25)11-10-19(23)2)17-24(28)26-14-15-31-21-6-4-3-5-7-21/h3-13,16H,14-15,17H2,1-2H3,(H,26,28). The monoisotopic (exact) mass is 488 g/mol. The molecule has 32 heavy (non-hydrogen) atoms. The van der Waals surface area contributed by atoms with E-state index in [2.05, 4.69) is 5.32 Å². The molecule has 1 amide bonds. The van der Waals surface area contributed by atoms with Gasteiger partial charge in [0, 0.05) is 22.2 Å². The fourth-order valence-corrected chi connectivity index (χ4v) is 5.48. The number of hydrogen-bond donors (Lipinski definition) is 1. The Morgan fingerprint density at radius 1 is 1.00 bits per heavy atom. The van der Waals surface area contributed by atoms with E-state index in [4.69, 9.17) is 11.6 Å². The van der Waals surface area contributed by atoms with Crippen LogP contribution in [0.15, 0.2) is 82.6 Å². The number of rotatable bonds is 9. The van der Waals surface area contributed by atoms with Crippen molar-refractivity contribution in [1.29, 1.82) is 0 Å². The van der Waals surface area contributed by atoms with Gasteiger partial charge in [-0.25, -0.2) is 8.42 Å². The minimum atomic E-state index is -3.97. The van der Waals surface area contributed by atoms with E-state index in [0.29, 0.717) is 28.6 Å². The second kappa shape index (κ2) is 10.9. The van der Waals surface area contributed by atoms with Gasteiger partial charge in [-0.2, -0.15) is 0 Å². The summed E-state index contributed by atoms with van der Waals surface area (Å²) in [6, 6.07) is 21.4. The van der Waals surface area contributed by atoms with Crippen molar-refractivity contribution in [3.05, 3.63) is 88.9 Å². The normalized spacial score (nSPS) is 11.2. The lowest BCUT2D eigenvalue weighted by Gasteiger charge is -2.26. The number of benzene rings is 3. The number of carbonyl (C=O) groups excluding carboxylic acids is 1. The predicted molar refractivity (Wildman–Crippen MR) is 132 cm³/mol. The summed E-state index contributed by atoms with van der Waals surface area (Å²) in [5.74, 6) is 0.296. The zero-order valence-electron chi connectivity index (χ0n) is 17.9.